The van der Waals surface area contributed by atoms with Crippen molar-refractivity contribution in [3.05, 3.63) is 28.1 Å². The van der Waals surface area contributed by atoms with E-state index in [4.69, 9.17) is 17.3 Å². The van der Waals surface area contributed by atoms with Crippen LogP contribution in [0.15, 0.2) is 12.1 Å². The number of benzene rings is 1. The van der Waals surface area contributed by atoms with Crippen LogP contribution in [0.25, 0.3) is 0 Å². The summed E-state index contributed by atoms with van der Waals surface area (Å²) in [6.07, 6.45) is 0.265. The Morgan fingerprint density at radius 2 is 2.26 bits per heavy atom. The van der Waals surface area contributed by atoms with Gasteiger partial charge in [0, 0.05) is 31.0 Å². The lowest BCUT2D eigenvalue weighted by Crippen LogP contribution is -2.25. The predicted octanol–water partition coefficient (Wildman–Crippen LogP) is 1.91. The summed E-state index contributed by atoms with van der Waals surface area (Å²) < 4.78 is 13.6. The van der Waals surface area contributed by atoms with Gasteiger partial charge in [-0.25, -0.2) is 0 Å². The molecule has 1 aliphatic heterocycles. The average Bonchev–Trinajstić information content (AvgIpc) is 2.72. The van der Waals surface area contributed by atoms with Crippen molar-refractivity contribution < 1.29 is 14.1 Å². The summed E-state index contributed by atoms with van der Waals surface area (Å²) in [5.74, 6) is -0.939. The number of nitro groups is 1. The van der Waals surface area contributed by atoms with Gasteiger partial charge in [-0.15, -0.1) is 11.6 Å². The normalized spacial score (nSPS) is 18.9. The van der Waals surface area contributed by atoms with E-state index >= 15 is 0 Å². The van der Waals surface area contributed by atoms with E-state index in [2.05, 4.69) is 0 Å². The molecule has 1 aromatic carbocycles. The van der Waals surface area contributed by atoms with Gasteiger partial charge in [0.2, 0.25) is 11.7 Å². The maximum atomic E-state index is 13.6. The molecule has 0 spiro atoms. The summed E-state index contributed by atoms with van der Waals surface area (Å²) in [6, 6.07) is 1.84. The van der Waals surface area contributed by atoms with Gasteiger partial charge in [-0.2, -0.15) is 4.39 Å². The molecular formula is C11H11ClFN3O3. The minimum Gasteiger partial charge on any atom is -0.397 e. The molecule has 1 heterocycles. The number of halogens is 2. The summed E-state index contributed by atoms with van der Waals surface area (Å²) in [5.41, 5.74) is 5.10. The zero-order valence-corrected chi connectivity index (χ0v) is 10.6. The predicted molar refractivity (Wildman–Crippen MR) is 68.6 cm³/mol. The van der Waals surface area contributed by atoms with Crippen LogP contribution in [0.3, 0.4) is 0 Å². The quantitative estimate of drug-likeness (QED) is 0.398. The number of hydrogen-bond acceptors (Lipinski definition) is 4. The van der Waals surface area contributed by atoms with Crippen LogP contribution in [0.1, 0.15) is 6.42 Å². The lowest BCUT2D eigenvalue weighted by Gasteiger charge is -2.18. The highest BCUT2D eigenvalue weighted by atomic mass is 35.5. The van der Waals surface area contributed by atoms with Gasteiger partial charge in [0.25, 0.3) is 0 Å². The number of amides is 1. The van der Waals surface area contributed by atoms with Gasteiger partial charge in [-0.05, 0) is 5.92 Å². The first-order chi connectivity index (χ1) is 8.93. The summed E-state index contributed by atoms with van der Waals surface area (Å²) in [5, 5.41) is 10.6. The van der Waals surface area contributed by atoms with E-state index in [1.54, 1.807) is 0 Å². The van der Waals surface area contributed by atoms with Crippen LogP contribution in [0.2, 0.25) is 0 Å². The topological polar surface area (TPSA) is 89.5 Å². The van der Waals surface area contributed by atoms with Gasteiger partial charge in [-0.1, -0.05) is 0 Å². The second kappa shape index (κ2) is 5.00. The summed E-state index contributed by atoms with van der Waals surface area (Å²) >= 11 is 5.69. The molecule has 0 bridgehead atoms. The molecule has 0 saturated carbocycles. The van der Waals surface area contributed by atoms with Crippen molar-refractivity contribution in [3.63, 3.8) is 0 Å². The number of nitrogens with zero attached hydrogens (tertiary/aromatic N) is 2. The average molecular weight is 288 g/mol. The molecule has 19 heavy (non-hydrogen) atoms. The molecule has 0 aromatic heterocycles. The number of nitrogen functional groups attached to an aromatic ring is 1. The molecular weight excluding hydrogens is 277 g/mol. The maximum absolute atomic E-state index is 13.6. The van der Waals surface area contributed by atoms with E-state index in [1.165, 1.54) is 4.90 Å². The second-order valence-electron chi connectivity index (χ2n) is 4.35. The molecule has 102 valence electrons. The van der Waals surface area contributed by atoms with Gasteiger partial charge >= 0.3 is 5.69 Å². The van der Waals surface area contributed by atoms with Crippen molar-refractivity contribution in [1.82, 2.24) is 0 Å². The number of hydrogen-bond donors (Lipinski definition) is 1. The van der Waals surface area contributed by atoms with Crippen molar-refractivity contribution in [2.45, 2.75) is 6.42 Å². The summed E-state index contributed by atoms with van der Waals surface area (Å²) in [4.78, 5) is 22.8. The van der Waals surface area contributed by atoms with Crippen molar-refractivity contribution in [2.24, 2.45) is 5.92 Å². The molecule has 1 atom stereocenters. The zero-order valence-electron chi connectivity index (χ0n) is 9.81. The monoisotopic (exact) mass is 287 g/mol. The van der Waals surface area contributed by atoms with Gasteiger partial charge in [-0.3, -0.25) is 14.9 Å². The number of nitro benzene ring substituents is 1. The molecule has 6 nitrogen and oxygen atoms in total. The molecule has 1 saturated heterocycles. The number of rotatable bonds is 3. The molecule has 1 fully saturated rings. The Kier molecular flexibility index (Phi) is 3.57. The van der Waals surface area contributed by atoms with Crippen LogP contribution in [-0.4, -0.2) is 23.3 Å². The molecule has 0 radical (unpaired) electrons. The highest BCUT2D eigenvalue weighted by molar-refractivity contribution is 6.18. The van der Waals surface area contributed by atoms with Crippen LogP contribution in [0, 0.1) is 21.8 Å². The highest BCUT2D eigenvalue weighted by Crippen LogP contribution is 2.34. The number of nitrogens with two attached hydrogens (primary N) is 1. The molecule has 2 rings (SSSR count). The Hall–Kier alpha value is -1.89. The molecule has 8 heteroatoms. The lowest BCUT2D eigenvalue weighted by atomic mass is 10.1. The number of carbonyl (C=O) groups is 1. The van der Waals surface area contributed by atoms with Crippen molar-refractivity contribution in [3.8, 4) is 0 Å². The Balaban J connectivity index is 2.39. The SMILES string of the molecule is Nc1cc([N+](=O)[O-])c(F)cc1N1CC(CCl)CC1=O. The largest absolute Gasteiger partial charge is 0.397 e. The number of anilines is 2. The van der Waals surface area contributed by atoms with Crippen molar-refractivity contribution in [1.29, 1.82) is 0 Å². The number of alkyl halides is 1. The third-order valence-corrected chi connectivity index (χ3v) is 3.44. The van der Waals surface area contributed by atoms with E-state index < -0.39 is 16.4 Å². The molecule has 0 aliphatic carbocycles. The maximum Gasteiger partial charge on any atom is 0.306 e. The minimum atomic E-state index is -1.02. The van der Waals surface area contributed by atoms with E-state index in [0.29, 0.717) is 12.4 Å². The molecule has 1 amide bonds. The van der Waals surface area contributed by atoms with Gasteiger partial charge < -0.3 is 10.6 Å². The first kappa shape index (κ1) is 13.5. The molecule has 1 unspecified atom stereocenters. The van der Waals surface area contributed by atoms with Crippen LogP contribution < -0.4 is 10.6 Å². The fourth-order valence-electron chi connectivity index (χ4n) is 2.06. The molecule has 2 N–H and O–H groups in total. The van der Waals surface area contributed by atoms with Gasteiger partial charge in [0.1, 0.15) is 0 Å². The van der Waals surface area contributed by atoms with Crippen LogP contribution >= 0.6 is 11.6 Å². The second-order valence-corrected chi connectivity index (χ2v) is 4.66. The lowest BCUT2D eigenvalue weighted by molar-refractivity contribution is -0.387. The Bertz CT molecular complexity index is 552. The number of carbonyl (C=O) groups excluding carboxylic acids is 1. The highest BCUT2D eigenvalue weighted by Gasteiger charge is 2.32. The fraction of sp³-hybridized carbons (Fsp3) is 0.364. The van der Waals surface area contributed by atoms with Crippen LogP contribution in [-0.2, 0) is 4.79 Å². The molecule has 1 aliphatic rings. The van der Waals surface area contributed by atoms with Gasteiger partial charge in [0.15, 0.2) is 0 Å². The fourth-order valence-corrected chi connectivity index (χ4v) is 2.27. The smallest absolute Gasteiger partial charge is 0.306 e. The summed E-state index contributed by atoms with van der Waals surface area (Å²) in [7, 11) is 0. The first-order valence-electron chi connectivity index (χ1n) is 5.53. The van der Waals surface area contributed by atoms with Crippen LogP contribution in [0.5, 0.6) is 0 Å². The van der Waals surface area contributed by atoms with Crippen LogP contribution in [0.4, 0.5) is 21.5 Å². The van der Waals surface area contributed by atoms with E-state index in [1.807, 2.05) is 0 Å². The Morgan fingerprint density at radius 3 is 2.79 bits per heavy atom. The molecule has 1 aromatic rings. The Morgan fingerprint density at radius 1 is 1.58 bits per heavy atom. The van der Waals surface area contributed by atoms with Gasteiger partial charge in [0.05, 0.1) is 16.3 Å². The van der Waals surface area contributed by atoms with Crippen molar-refractivity contribution in [2.75, 3.05) is 23.1 Å². The Labute approximate surface area is 113 Å². The minimum absolute atomic E-state index is 0.00308. The third kappa shape index (κ3) is 2.46. The van der Waals surface area contributed by atoms with Crippen molar-refractivity contribution >= 4 is 34.6 Å². The zero-order chi connectivity index (χ0) is 14.2. The summed E-state index contributed by atoms with van der Waals surface area (Å²) in [6.45, 7) is 0.337. The van der Waals surface area contributed by atoms with E-state index in [9.17, 15) is 19.3 Å². The van der Waals surface area contributed by atoms with E-state index in [-0.39, 0.29) is 29.6 Å². The van der Waals surface area contributed by atoms with E-state index in [0.717, 1.165) is 12.1 Å². The standard InChI is InChI=1S/C11H11ClFN3O3/c12-4-6-1-11(17)15(5-6)10-2-7(13)9(16(18)19)3-8(10)14/h2-3,6H,1,4-5,14H2. The third-order valence-electron chi connectivity index (χ3n) is 3.01. The first-order valence-corrected chi connectivity index (χ1v) is 6.07.